The summed E-state index contributed by atoms with van der Waals surface area (Å²) in [6.45, 7) is 1.33. The van der Waals surface area contributed by atoms with E-state index >= 15 is 0 Å². The van der Waals surface area contributed by atoms with E-state index in [4.69, 9.17) is 9.15 Å². The van der Waals surface area contributed by atoms with Crippen molar-refractivity contribution in [2.45, 2.75) is 25.1 Å². The number of hydrogen-bond donors (Lipinski definition) is 1. The van der Waals surface area contributed by atoms with Crippen molar-refractivity contribution in [3.05, 3.63) is 48.4 Å². The first-order valence-corrected chi connectivity index (χ1v) is 7.83. The smallest absolute Gasteiger partial charge is 0.247 e. The number of ether oxygens (including phenoxy) is 1. The van der Waals surface area contributed by atoms with E-state index in [9.17, 15) is 0 Å². The van der Waals surface area contributed by atoms with Crippen molar-refractivity contribution in [2.24, 2.45) is 0 Å². The molecular weight excluding hydrogens is 308 g/mol. The maximum absolute atomic E-state index is 5.82. The van der Waals surface area contributed by atoms with Crippen LogP contribution in [0.5, 0.6) is 0 Å². The van der Waals surface area contributed by atoms with E-state index in [0.29, 0.717) is 18.3 Å². The minimum atomic E-state index is 0.101. The van der Waals surface area contributed by atoms with Crippen LogP contribution in [0, 0.1) is 0 Å². The molecule has 1 aliphatic rings. The number of H-pyrrole nitrogens is 1. The van der Waals surface area contributed by atoms with Crippen LogP contribution in [0.4, 0.5) is 0 Å². The largest absolute Gasteiger partial charge is 0.419 e. The molecule has 0 unspecified atom stereocenters. The van der Waals surface area contributed by atoms with Crippen LogP contribution in [0.3, 0.4) is 0 Å². The second-order valence-electron chi connectivity index (χ2n) is 5.78. The Bertz CT molecular complexity index is 773. The van der Waals surface area contributed by atoms with Crippen LogP contribution in [0.25, 0.3) is 11.5 Å². The number of aromatic nitrogens is 5. The van der Waals surface area contributed by atoms with Gasteiger partial charge in [0.25, 0.3) is 0 Å². The molecule has 2 aromatic heterocycles. The molecule has 1 saturated heterocycles. The molecular formula is C16H18N6O2. The Morgan fingerprint density at radius 1 is 1.29 bits per heavy atom. The molecule has 1 fully saturated rings. The van der Waals surface area contributed by atoms with E-state index < -0.39 is 0 Å². The van der Waals surface area contributed by atoms with Crippen LogP contribution in [-0.2, 0) is 11.3 Å². The van der Waals surface area contributed by atoms with Gasteiger partial charge in [0.1, 0.15) is 12.2 Å². The number of nitrogens with zero attached hydrogens (tertiary/aromatic N) is 5. The number of benzene rings is 1. The minimum Gasteiger partial charge on any atom is -0.419 e. The van der Waals surface area contributed by atoms with Gasteiger partial charge in [0.05, 0.1) is 18.7 Å². The maximum atomic E-state index is 5.82. The molecule has 0 saturated carbocycles. The SMILES string of the molecule is CO[C@@H]1C[C@@H](c2ncn[nH]2)N(Cc2nnc(-c3ccccc3)o2)C1. The normalized spacial score (nSPS) is 21.4. The minimum absolute atomic E-state index is 0.101. The Morgan fingerprint density at radius 3 is 2.92 bits per heavy atom. The predicted octanol–water partition coefficient (Wildman–Crippen LogP) is 1.82. The van der Waals surface area contributed by atoms with Gasteiger partial charge >= 0.3 is 0 Å². The lowest BCUT2D eigenvalue weighted by molar-refractivity contribution is 0.106. The zero-order chi connectivity index (χ0) is 16.4. The Hall–Kier alpha value is -2.58. The van der Waals surface area contributed by atoms with Gasteiger partial charge < -0.3 is 9.15 Å². The molecule has 4 rings (SSSR count). The zero-order valence-electron chi connectivity index (χ0n) is 13.3. The van der Waals surface area contributed by atoms with Gasteiger partial charge in [-0.15, -0.1) is 10.2 Å². The summed E-state index contributed by atoms with van der Waals surface area (Å²) in [5, 5.41) is 15.2. The molecule has 8 nitrogen and oxygen atoms in total. The summed E-state index contributed by atoms with van der Waals surface area (Å²) >= 11 is 0. The fraction of sp³-hybridized carbons (Fsp3) is 0.375. The van der Waals surface area contributed by atoms with Gasteiger partial charge in [0.15, 0.2) is 0 Å². The van der Waals surface area contributed by atoms with Gasteiger partial charge in [0.2, 0.25) is 11.8 Å². The third kappa shape index (κ3) is 2.93. The fourth-order valence-corrected chi connectivity index (χ4v) is 3.06. The molecule has 0 radical (unpaired) electrons. The number of likely N-dealkylation sites (tertiary alicyclic amines) is 1. The van der Waals surface area contributed by atoms with Crippen molar-refractivity contribution in [1.29, 1.82) is 0 Å². The Morgan fingerprint density at radius 2 is 2.17 bits per heavy atom. The zero-order valence-corrected chi connectivity index (χ0v) is 13.3. The van der Waals surface area contributed by atoms with E-state index in [1.807, 2.05) is 30.3 Å². The third-order valence-corrected chi connectivity index (χ3v) is 4.27. The molecule has 0 amide bonds. The summed E-state index contributed by atoms with van der Waals surface area (Å²) in [5.74, 6) is 1.94. The highest BCUT2D eigenvalue weighted by Gasteiger charge is 2.35. The summed E-state index contributed by atoms with van der Waals surface area (Å²) in [7, 11) is 1.73. The van der Waals surface area contributed by atoms with Crippen LogP contribution in [-0.4, -0.2) is 50.0 Å². The molecule has 3 aromatic rings. The van der Waals surface area contributed by atoms with E-state index in [1.165, 1.54) is 6.33 Å². The van der Waals surface area contributed by atoms with E-state index in [-0.39, 0.29) is 12.1 Å². The average molecular weight is 326 g/mol. The van der Waals surface area contributed by atoms with Gasteiger partial charge in [-0.2, -0.15) is 5.10 Å². The number of nitrogens with one attached hydrogen (secondary N) is 1. The number of rotatable bonds is 5. The molecule has 24 heavy (non-hydrogen) atoms. The third-order valence-electron chi connectivity index (χ3n) is 4.27. The highest BCUT2D eigenvalue weighted by Crippen LogP contribution is 2.32. The van der Waals surface area contributed by atoms with Gasteiger partial charge in [-0.25, -0.2) is 4.98 Å². The molecule has 2 atom stereocenters. The van der Waals surface area contributed by atoms with Gasteiger partial charge in [-0.3, -0.25) is 10.00 Å². The topological polar surface area (TPSA) is 93.0 Å². The first-order valence-electron chi connectivity index (χ1n) is 7.83. The van der Waals surface area contributed by atoms with Crippen molar-refractivity contribution in [1.82, 2.24) is 30.3 Å². The lowest BCUT2D eigenvalue weighted by Gasteiger charge is -2.19. The Labute approximate surface area is 138 Å². The monoisotopic (exact) mass is 326 g/mol. The fourth-order valence-electron chi connectivity index (χ4n) is 3.06. The number of aromatic amines is 1. The Balaban J connectivity index is 1.52. The van der Waals surface area contributed by atoms with E-state index in [2.05, 4.69) is 30.3 Å². The van der Waals surface area contributed by atoms with E-state index in [0.717, 1.165) is 24.4 Å². The maximum Gasteiger partial charge on any atom is 0.247 e. The lowest BCUT2D eigenvalue weighted by atomic mass is 10.2. The number of methoxy groups -OCH3 is 1. The summed E-state index contributed by atoms with van der Waals surface area (Å²) in [6.07, 6.45) is 2.52. The molecule has 0 spiro atoms. The van der Waals surface area contributed by atoms with Gasteiger partial charge in [-0.1, -0.05) is 18.2 Å². The summed E-state index contributed by atoms with van der Waals surface area (Å²) in [5.41, 5.74) is 0.916. The van der Waals surface area contributed by atoms with Crippen LogP contribution in [0.15, 0.2) is 41.1 Å². The molecule has 1 aromatic carbocycles. The van der Waals surface area contributed by atoms with Crippen LogP contribution in [0.2, 0.25) is 0 Å². The second kappa shape index (κ2) is 6.50. The lowest BCUT2D eigenvalue weighted by Crippen LogP contribution is -2.25. The van der Waals surface area contributed by atoms with Crippen LogP contribution in [0.1, 0.15) is 24.2 Å². The summed E-state index contributed by atoms with van der Waals surface area (Å²) < 4.78 is 11.3. The molecule has 1 N–H and O–H groups in total. The highest BCUT2D eigenvalue weighted by molar-refractivity contribution is 5.51. The van der Waals surface area contributed by atoms with Crippen LogP contribution < -0.4 is 0 Å². The molecule has 8 heteroatoms. The second-order valence-corrected chi connectivity index (χ2v) is 5.78. The summed E-state index contributed by atoms with van der Waals surface area (Å²) in [4.78, 5) is 6.50. The average Bonchev–Trinajstić information content (AvgIpc) is 3.36. The van der Waals surface area contributed by atoms with Crippen molar-refractivity contribution in [2.75, 3.05) is 13.7 Å². The first kappa shape index (κ1) is 15.0. The number of hydrogen-bond acceptors (Lipinski definition) is 7. The molecule has 124 valence electrons. The quantitative estimate of drug-likeness (QED) is 0.764. The van der Waals surface area contributed by atoms with Gasteiger partial charge in [0, 0.05) is 19.2 Å². The first-order chi connectivity index (χ1) is 11.8. The van der Waals surface area contributed by atoms with Crippen molar-refractivity contribution in [3.8, 4) is 11.5 Å². The highest BCUT2D eigenvalue weighted by atomic mass is 16.5. The molecule has 1 aliphatic heterocycles. The predicted molar refractivity (Wildman–Crippen MR) is 84.7 cm³/mol. The molecule has 0 bridgehead atoms. The van der Waals surface area contributed by atoms with Crippen molar-refractivity contribution >= 4 is 0 Å². The van der Waals surface area contributed by atoms with Gasteiger partial charge in [-0.05, 0) is 18.6 Å². The van der Waals surface area contributed by atoms with Crippen molar-refractivity contribution in [3.63, 3.8) is 0 Å². The molecule has 3 heterocycles. The summed E-state index contributed by atoms with van der Waals surface area (Å²) in [6, 6.07) is 9.85. The van der Waals surface area contributed by atoms with Crippen molar-refractivity contribution < 1.29 is 9.15 Å². The van der Waals surface area contributed by atoms with E-state index in [1.54, 1.807) is 7.11 Å². The van der Waals surface area contributed by atoms with Crippen LogP contribution >= 0.6 is 0 Å². The Kier molecular flexibility index (Phi) is 4.06. The molecule has 0 aliphatic carbocycles. The standard InChI is InChI=1S/C16H18N6O2/c1-23-12-7-13(15-17-10-18-20-15)22(8-12)9-14-19-21-16(24-14)11-5-3-2-4-6-11/h2-6,10,12-13H,7-9H2,1H3,(H,17,18,20)/t12-,13+/m1/s1.